The SMILES string of the molecule is Cc1cc(F)c(C(Cl)c2ccc(F)cc2I)cc1F. The molecule has 0 spiro atoms. The van der Waals surface area contributed by atoms with Gasteiger partial charge >= 0.3 is 0 Å². The van der Waals surface area contributed by atoms with Crippen LogP contribution in [0.2, 0.25) is 0 Å². The molecule has 0 aromatic heterocycles. The Balaban J connectivity index is 2.49. The fraction of sp³-hybridized carbons (Fsp3) is 0.143. The topological polar surface area (TPSA) is 0 Å². The van der Waals surface area contributed by atoms with Crippen molar-refractivity contribution in [2.45, 2.75) is 12.3 Å². The minimum absolute atomic E-state index is 0.0503. The van der Waals surface area contributed by atoms with Gasteiger partial charge in [0.2, 0.25) is 0 Å². The van der Waals surface area contributed by atoms with Crippen molar-refractivity contribution in [3.63, 3.8) is 0 Å². The summed E-state index contributed by atoms with van der Waals surface area (Å²) >= 11 is 8.10. The summed E-state index contributed by atoms with van der Waals surface area (Å²) in [5.41, 5.74) is 0.819. The van der Waals surface area contributed by atoms with E-state index in [-0.39, 0.29) is 11.1 Å². The van der Waals surface area contributed by atoms with E-state index in [0.717, 1.165) is 12.1 Å². The van der Waals surface area contributed by atoms with Gasteiger partial charge in [-0.2, -0.15) is 0 Å². The van der Waals surface area contributed by atoms with Crippen molar-refractivity contribution in [2.75, 3.05) is 0 Å². The number of benzene rings is 2. The van der Waals surface area contributed by atoms with Crippen LogP contribution in [0, 0.1) is 27.9 Å². The summed E-state index contributed by atoms with van der Waals surface area (Å²) in [5, 5.41) is -0.859. The van der Waals surface area contributed by atoms with Gasteiger partial charge in [-0.25, -0.2) is 13.2 Å². The van der Waals surface area contributed by atoms with Crippen molar-refractivity contribution in [3.8, 4) is 0 Å². The van der Waals surface area contributed by atoms with Crippen LogP contribution in [-0.4, -0.2) is 0 Å². The summed E-state index contributed by atoms with van der Waals surface area (Å²) < 4.78 is 41.0. The van der Waals surface area contributed by atoms with Crippen molar-refractivity contribution in [1.82, 2.24) is 0 Å². The summed E-state index contributed by atoms with van der Waals surface area (Å²) in [6, 6.07) is 6.22. The fourth-order valence-electron chi connectivity index (χ4n) is 1.73. The van der Waals surface area contributed by atoms with E-state index in [0.29, 0.717) is 9.13 Å². The molecule has 0 amide bonds. The number of aryl methyl sites for hydroxylation is 1. The van der Waals surface area contributed by atoms with Crippen LogP contribution in [0.5, 0.6) is 0 Å². The molecule has 2 aromatic rings. The third-order valence-corrected chi connectivity index (χ3v) is 4.19. The molecular weight excluding hydrogens is 388 g/mol. The van der Waals surface area contributed by atoms with Crippen LogP contribution in [0.4, 0.5) is 13.2 Å². The van der Waals surface area contributed by atoms with Crippen LogP contribution >= 0.6 is 34.2 Å². The maximum Gasteiger partial charge on any atom is 0.128 e. The molecule has 2 rings (SSSR count). The van der Waals surface area contributed by atoms with Gasteiger partial charge in [-0.1, -0.05) is 6.07 Å². The molecule has 0 nitrogen and oxygen atoms in total. The van der Waals surface area contributed by atoms with E-state index in [2.05, 4.69) is 0 Å². The lowest BCUT2D eigenvalue weighted by molar-refractivity contribution is 0.580. The molecule has 5 heteroatoms. The fourth-order valence-corrected chi connectivity index (χ4v) is 3.06. The molecule has 0 bridgehead atoms. The second-order valence-corrected chi connectivity index (χ2v) is 5.75. The molecule has 0 saturated heterocycles. The highest BCUT2D eigenvalue weighted by molar-refractivity contribution is 14.1. The first-order valence-electron chi connectivity index (χ1n) is 5.44. The molecule has 0 radical (unpaired) electrons. The second-order valence-electron chi connectivity index (χ2n) is 4.15. The molecule has 100 valence electrons. The normalized spacial score (nSPS) is 12.5. The summed E-state index contributed by atoms with van der Waals surface area (Å²) in [6.45, 7) is 1.48. The maximum atomic E-state index is 13.8. The Morgan fingerprint density at radius 2 is 1.68 bits per heavy atom. The molecule has 0 saturated carbocycles. The van der Waals surface area contributed by atoms with Gasteiger partial charge < -0.3 is 0 Å². The van der Waals surface area contributed by atoms with Crippen LogP contribution < -0.4 is 0 Å². The second kappa shape index (κ2) is 5.71. The number of rotatable bonds is 2. The van der Waals surface area contributed by atoms with Gasteiger partial charge in [0.05, 0.1) is 5.38 Å². The highest BCUT2D eigenvalue weighted by Gasteiger charge is 2.19. The molecule has 0 N–H and O–H groups in total. The molecule has 1 atom stereocenters. The van der Waals surface area contributed by atoms with Gasteiger partial charge in [0.25, 0.3) is 0 Å². The Morgan fingerprint density at radius 1 is 1.00 bits per heavy atom. The smallest absolute Gasteiger partial charge is 0.128 e. The van der Waals surface area contributed by atoms with Gasteiger partial charge in [-0.3, -0.25) is 0 Å². The molecule has 0 heterocycles. The number of hydrogen-bond donors (Lipinski definition) is 0. The van der Waals surface area contributed by atoms with E-state index >= 15 is 0 Å². The number of alkyl halides is 1. The van der Waals surface area contributed by atoms with Crippen LogP contribution in [0.1, 0.15) is 22.1 Å². The molecule has 0 aliphatic rings. The van der Waals surface area contributed by atoms with Crippen LogP contribution in [0.25, 0.3) is 0 Å². The summed E-state index contributed by atoms with van der Waals surface area (Å²) in [7, 11) is 0. The molecule has 0 fully saturated rings. The first-order valence-corrected chi connectivity index (χ1v) is 6.96. The Hall–Kier alpha value is -0.750. The van der Waals surface area contributed by atoms with Gasteiger partial charge in [0.15, 0.2) is 0 Å². The quantitative estimate of drug-likeness (QED) is 0.474. The Bertz CT molecular complexity index is 628. The van der Waals surface area contributed by atoms with Crippen molar-refractivity contribution >= 4 is 34.2 Å². The van der Waals surface area contributed by atoms with E-state index in [4.69, 9.17) is 11.6 Å². The van der Waals surface area contributed by atoms with Gasteiger partial charge in [0, 0.05) is 9.13 Å². The minimum Gasteiger partial charge on any atom is -0.207 e. The largest absolute Gasteiger partial charge is 0.207 e. The summed E-state index contributed by atoms with van der Waals surface area (Å²) in [6.07, 6.45) is 0. The van der Waals surface area contributed by atoms with E-state index in [1.54, 1.807) is 0 Å². The van der Waals surface area contributed by atoms with Crippen molar-refractivity contribution in [1.29, 1.82) is 0 Å². The van der Waals surface area contributed by atoms with E-state index < -0.39 is 22.8 Å². The summed E-state index contributed by atoms with van der Waals surface area (Å²) in [5.74, 6) is -1.48. The summed E-state index contributed by atoms with van der Waals surface area (Å²) in [4.78, 5) is 0. The molecule has 2 aromatic carbocycles. The third-order valence-electron chi connectivity index (χ3n) is 2.79. The first-order chi connectivity index (χ1) is 8.90. The van der Waals surface area contributed by atoms with Crippen molar-refractivity contribution in [3.05, 3.63) is 68.0 Å². The van der Waals surface area contributed by atoms with E-state index in [1.165, 1.54) is 25.1 Å². The molecule has 19 heavy (non-hydrogen) atoms. The zero-order valence-corrected chi connectivity index (χ0v) is 12.8. The predicted octanol–water partition coefficient (Wildman–Crippen LogP) is 5.35. The van der Waals surface area contributed by atoms with Crippen LogP contribution in [0.3, 0.4) is 0 Å². The Kier molecular flexibility index (Phi) is 4.40. The lowest BCUT2D eigenvalue weighted by atomic mass is 10.0. The highest BCUT2D eigenvalue weighted by Crippen LogP contribution is 2.34. The van der Waals surface area contributed by atoms with Gasteiger partial charge in [0.1, 0.15) is 17.5 Å². The van der Waals surface area contributed by atoms with E-state index in [1.807, 2.05) is 22.6 Å². The van der Waals surface area contributed by atoms with E-state index in [9.17, 15) is 13.2 Å². The molecule has 0 aliphatic heterocycles. The van der Waals surface area contributed by atoms with Crippen LogP contribution in [0.15, 0.2) is 30.3 Å². The minimum atomic E-state index is -0.859. The lowest BCUT2D eigenvalue weighted by Gasteiger charge is -2.14. The Labute approximate surface area is 127 Å². The monoisotopic (exact) mass is 396 g/mol. The predicted molar refractivity (Wildman–Crippen MR) is 77.9 cm³/mol. The Morgan fingerprint density at radius 3 is 2.32 bits per heavy atom. The van der Waals surface area contributed by atoms with Crippen molar-refractivity contribution in [2.24, 2.45) is 0 Å². The average molecular weight is 397 g/mol. The molecule has 1 unspecified atom stereocenters. The first kappa shape index (κ1) is 14.7. The lowest BCUT2D eigenvalue weighted by Crippen LogP contribution is -2.02. The standard InChI is InChI=1S/C14H9ClF3I/c1-7-4-12(18)10(6-11(7)17)14(15)9-3-2-8(16)5-13(9)19/h2-6,14H,1H3. The van der Waals surface area contributed by atoms with Crippen LogP contribution in [-0.2, 0) is 0 Å². The molecular formula is C14H9ClF3I. The van der Waals surface area contributed by atoms with Gasteiger partial charge in [-0.05, 0) is 64.9 Å². The zero-order chi connectivity index (χ0) is 14.2. The number of hydrogen-bond acceptors (Lipinski definition) is 0. The zero-order valence-electron chi connectivity index (χ0n) is 9.85. The maximum absolute atomic E-state index is 13.8. The van der Waals surface area contributed by atoms with Gasteiger partial charge in [-0.15, -0.1) is 11.6 Å². The average Bonchev–Trinajstić information content (AvgIpc) is 2.33. The molecule has 0 aliphatic carbocycles. The third kappa shape index (κ3) is 3.05. The highest BCUT2D eigenvalue weighted by atomic mass is 127. The number of halogens is 5. The van der Waals surface area contributed by atoms with Crippen molar-refractivity contribution < 1.29 is 13.2 Å².